The number of rotatable bonds is 5. The number of Topliss-reactive ketones (excluding diaryl/α,β-unsaturated/α-hetero) is 1. The molecular weight excluding hydrogens is 385 g/mol. The number of ketones is 1. The van der Waals surface area contributed by atoms with Crippen LogP contribution in [-0.2, 0) is 16.1 Å². The fourth-order valence-corrected chi connectivity index (χ4v) is 3.46. The van der Waals surface area contributed by atoms with Gasteiger partial charge in [-0.2, -0.15) is 0 Å². The van der Waals surface area contributed by atoms with E-state index in [1.807, 2.05) is 35.0 Å². The number of halogens is 2. The summed E-state index contributed by atoms with van der Waals surface area (Å²) in [5.74, 6) is -0.479. The molecule has 6 heteroatoms. The Balaban J connectivity index is 2.17. The van der Waals surface area contributed by atoms with Crippen molar-refractivity contribution in [2.45, 2.75) is 13.5 Å². The highest BCUT2D eigenvalue weighted by atomic mass is 35.5. The number of hydrogen-bond donors (Lipinski definition) is 0. The molecule has 1 heterocycles. The van der Waals surface area contributed by atoms with E-state index in [2.05, 4.69) is 4.74 Å². The van der Waals surface area contributed by atoms with Gasteiger partial charge in [-0.1, -0.05) is 47.5 Å². The van der Waals surface area contributed by atoms with E-state index >= 15 is 0 Å². The first-order valence-corrected chi connectivity index (χ1v) is 8.99. The lowest BCUT2D eigenvalue weighted by Gasteiger charge is -2.10. The van der Waals surface area contributed by atoms with E-state index in [1.165, 1.54) is 20.1 Å². The molecule has 0 saturated heterocycles. The molecule has 1 aromatic heterocycles. The molecule has 2 aromatic carbocycles. The van der Waals surface area contributed by atoms with Gasteiger partial charge in [0.15, 0.2) is 5.78 Å². The second-order valence-corrected chi connectivity index (χ2v) is 6.91. The van der Waals surface area contributed by atoms with E-state index in [9.17, 15) is 9.59 Å². The zero-order valence-electron chi connectivity index (χ0n) is 14.8. The number of fused-ring (bicyclic) bond motifs is 1. The molecule has 0 aliphatic heterocycles. The lowest BCUT2D eigenvalue weighted by Crippen LogP contribution is -2.00. The van der Waals surface area contributed by atoms with Crippen LogP contribution in [0.4, 0.5) is 0 Å². The Morgan fingerprint density at radius 2 is 1.96 bits per heavy atom. The van der Waals surface area contributed by atoms with Gasteiger partial charge in [-0.3, -0.25) is 4.79 Å². The molecular formula is C21H17Cl2NO3. The van der Waals surface area contributed by atoms with Crippen molar-refractivity contribution in [3.63, 3.8) is 0 Å². The monoisotopic (exact) mass is 401 g/mol. The molecule has 0 aliphatic rings. The minimum Gasteiger partial charge on any atom is -0.466 e. The van der Waals surface area contributed by atoms with Crippen LogP contribution in [0.15, 0.2) is 48.7 Å². The second-order valence-electron chi connectivity index (χ2n) is 6.06. The number of carbonyl (C=O) groups is 2. The van der Waals surface area contributed by atoms with E-state index < -0.39 is 5.97 Å². The maximum Gasteiger partial charge on any atom is 0.330 e. The number of esters is 1. The molecule has 27 heavy (non-hydrogen) atoms. The summed E-state index contributed by atoms with van der Waals surface area (Å²) in [5, 5.41) is 1.93. The van der Waals surface area contributed by atoms with Gasteiger partial charge in [-0.25, -0.2) is 4.79 Å². The van der Waals surface area contributed by atoms with Crippen molar-refractivity contribution in [2.75, 3.05) is 7.11 Å². The van der Waals surface area contributed by atoms with Crippen molar-refractivity contribution in [3.05, 3.63) is 75.4 Å². The van der Waals surface area contributed by atoms with Gasteiger partial charge in [0.05, 0.1) is 12.6 Å². The number of methoxy groups -OCH3 is 1. The summed E-state index contributed by atoms with van der Waals surface area (Å²) in [4.78, 5) is 23.6. The van der Waals surface area contributed by atoms with Crippen molar-refractivity contribution in [1.82, 2.24) is 4.57 Å². The number of aromatic nitrogens is 1. The summed E-state index contributed by atoms with van der Waals surface area (Å²) < 4.78 is 6.62. The van der Waals surface area contributed by atoms with Crippen LogP contribution in [0.5, 0.6) is 0 Å². The smallest absolute Gasteiger partial charge is 0.330 e. The summed E-state index contributed by atoms with van der Waals surface area (Å²) in [5.41, 5.74) is 3.13. The van der Waals surface area contributed by atoms with Crippen LogP contribution in [0.1, 0.15) is 28.4 Å². The fraction of sp³-hybridized carbons (Fsp3) is 0.143. The van der Waals surface area contributed by atoms with Crippen LogP contribution in [-0.4, -0.2) is 23.4 Å². The van der Waals surface area contributed by atoms with Crippen molar-refractivity contribution >= 4 is 51.9 Å². The maximum absolute atomic E-state index is 12.1. The largest absolute Gasteiger partial charge is 0.466 e. The molecule has 0 fully saturated rings. The number of hydrogen-bond acceptors (Lipinski definition) is 3. The Morgan fingerprint density at radius 1 is 1.19 bits per heavy atom. The maximum atomic E-state index is 12.1. The molecule has 0 saturated carbocycles. The molecule has 0 amide bonds. The van der Waals surface area contributed by atoms with Gasteiger partial charge in [0.2, 0.25) is 0 Å². The van der Waals surface area contributed by atoms with E-state index in [-0.39, 0.29) is 5.78 Å². The summed E-state index contributed by atoms with van der Waals surface area (Å²) in [6.45, 7) is 1.99. The average Bonchev–Trinajstić information content (AvgIpc) is 3.01. The van der Waals surface area contributed by atoms with Crippen molar-refractivity contribution in [3.8, 4) is 0 Å². The van der Waals surface area contributed by atoms with Crippen LogP contribution in [0, 0.1) is 0 Å². The third-order valence-corrected chi connectivity index (χ3v) is 4.85. The molecule has 0 spiro atoms. The summed E-state index contributed by atoms with van der Waals surface area (Å²) in [7, 11) is 1.33. The van der Waals surface area contributed by atoms with E-state index in [0.717, 1.165) is 22.0 Å². The molecule has 0 bridgehead atoms. The van der Waals surface area contributed by atoms with Crippen LogP contribution in [0.3, 0.4) is 0 Å². The van der Waals surface area contributed by atoms with Crippen molar-refractivity contribution in [2.24, 2.45) is 0 Å². The van der Waals surface area contributed by atoms with Gasteiger partial charge in [-0.05, 0) is 36.3 Å². The summed E-state index contributed by atoms with van der Waals surface area (Å²) in [6, 6.07) is 10.9. The van der Waals surface area contributed by atoms with E-state index in [0.29, 0.717) is 22.2 Å². The zero-order valence-corrected chi connectivity index (χ0v) is 16.3. The molecule has 0 unspecified atom stereocenters. The molecule has 4 nitrogen and oxygen atoms in total. The number of ether oxygens (including phenoxy) is 1. The normalized spacial score (nSPS) is 11.3. The fourth-order valence-electron chi connectivity index (χ4n) is 2.99. The summed E-state index contributed by atoms with van der Waals surface area (Å²) in [6.07, 6.45) is 4.85. The highest BCUT2D eigenvalue weighted by molar-refractivity contribution is 6.35. The lowest BCUT2D eigenvalue weighted by molar-refractivity contribution is -0.134. The third-order valence-electron chi connectivity index (χ3n) is 4.26. The molecule has 138 valence electrons. The molecule has 0 N–H and O–H groups in total. The number of nitrogens with zero attached hydrogens (tertiary/aromatic N) is 1. The van der Waals surface area contributed by atoms with E-state index in [4.69, 9.17) is 23.2 Å². The van der Waals surface area contributed by atoms with Gasteiger partial charge in [-0.15, -0.1) is 0 Å². The highest BCUT2D eigenvalue weighted by Gasteiger charge is 2.15. The minimum atomic E-state index is -0.447. The Labute approximate surface area is 166 Å². The number of benzene rings is 2. The predicted octanol–water partition coefficient (Wildman–Crippen LogP) is 5.39. The topological polar surface area (TPSA) is 48.3 Å². The third kappa shape index (κ3) is 4.07. The second kappa shape index (κ2) is 7.99. The highest BCUT2D eigenvalue weighted by Crippen LogP contribution is 2.29. The Morgan fingerprint density at radius 3 is 2.63 bits per heavy atom. The minimum absolute atomic E-state index is 0.0324. The van der Waals surface area contributed by atoms with Gasteiger partial charge >= 0.3 is 5.97 Å². The average molecular weight is 402 g/mol. The SMILES string of the molecule is COC(=O)C=Cc1cccc2c(C(C)=O)cn(Cc3ccc(Cl)cc3Cl)c12. The first-order chi connectivity index (χ1) is 12.9. The Bertz CT molecular complexity index is 1070. The number of carbonyl (C=O) groups excluding carboxylic acids is 2. The van der Waals surface area contributed by atoms with Crippen molar-refractivity contribution < 1.29 is 14.3 Å². The lowest BCUT2D eigenvalue weighted by atomic mass is 10.1. The standard InChI is InChI=1S/C21H17Cl2NO3/c1-13(25)18-12-24(11-15-6-8-16(22)10-19(15)23)21-14(4-3-5-17(18)21)7-9-20(26)27-2/h3-10,12H,11H2,1-2H3. The molecule has 0 radical (unpaired) electrons. The van der Waals surface area contributed by atoms with Gasteiger partial charge in [0, 0.05) is 39.8 Å². The molecule has 3 rings (SSSR count). The van der Waals surface area contributed by atoms with Crippen LogP contribution < -0.4 is 0 Å². The van der Waals surface area contributed by atoms with Gasteiger partial charge in [0.1, 0.15) is 0 Å². The van der Waals surface area contributed by atoms with E-state index in [1.54, 1.807) is 18.2 Å². The Kier molecular flexibility index (Phi) is 5.68. The van der Waals surface area contributed by atoms with Crippen LogP contribution in [0.2, 0.25) is 10.0 Å². The van der Waals surface area contributed by atoms with Crippen LogP contribution in [0.25, 0.3) is 17.0 Å². The Hall–Kier alpha value is -2.56. The quantitative estimate of drug-likeness (QED) is 0.327. The predicted molar refractivity (Wildman–Crippen MR) is 109 cm³/mol. The zero-order chi connectivity index (χ0) is 19.6. The number of para-hydroxylation sites is 1. The van der Waals surface area contributed by atoms with Crippen molar-refractivity contribution in [1.29, 1.82) is 0 Å². The van der Waals surface area contributed by atoms with Crippen LogP contribution >= 0.6 is 23.2 Å². The first kappa shape index (κ1) is 19.2. The molecule has 3 aromatic rings. The van der Waals surface area contributed by atoms with Gasteiger partial charge < -0.3 is 9.30 Å². The molecule has 0 aliphatic carbocycles. The first-order valence-electron chi connectivity index (χ1n) is 8.23. The van der Waals surface area contributed by atoms with Gasteiger partial charge in [0.25, 0.3) is 0 Å². The molecule has 0 atom stereocenters. The summed E-state index contributed by atoms with van der Waals surface area (Å²) >= 11 is 12.3.